The molecule has 1 aliphatic heterocycles. The molecule has 0 aromatic carbocycles. The Bertz CT molecular complexity index is 1370. The minimum Gasteiger partial charge on any atom is -0.341 e. The standard InChI is InChI=1S/C23H30N8O2/c1-6-7-11-30-18-20(27-22(30)29-10-8-9-17(24)13-29)28(5)23(33)31(21(18)32)16(4)19-25-14(2)12-15(3)26-19/h12,16-17H,8-11,13,24H2,1-5H3/t16?,17-/m1/s1. The second-order valence-corrected chi connectivity index (χ2v) is 8.65. The van der Waals surface area contributed by atoms with Crippen molar-refractivity contribution in [2.24, 2.45) is 12.8 Å². The van der Waals surface area contributed by atoms with Crippen molar-refractivity contribution in [2.75, 3.05) is 18.0 Å². The summed E-state index contributed by atoms with van der Waals surface area (Å²) in [6.45, 7) is 8.95. The summed E-state index contributed by atoms with van der Waals surface area (Å²) in [4.78, 5) is 42.8. The number of hydrogen-bond donors (Lipinski definition) is 1. The molecule has 3 aromatic heterocycles. The van der Waals surface area contributed by atoms with Gasteiger partial charge in [-0.25, -0.2) is 19.3 Å². The lowest BCUT2D eigenvalue weighted by Gasteiger charge is -2.31. The molecule has 1 unspecified atom stereocenters. The number of aromatic nitrogens is 6. The molecule has 1 saturated heterocycles. The highest BCUT2D eigenvalue weighted by atomic mass is 16.2. The quantitative estimate of drug-likeness (QED) is 0.586. The molecule has 0 saturated carbocycles. The van der Waals surface area contributed by atoms with Crippen molar-refractivity contribution >= 4 is 17.1 Å². The molecule has 0 aliphatic carbocycles. The van der Waals surface area contributed by atoms with E-state index in [-0.39, 0.29) is 12.6 Å². The van der Waals surface area contributed by atoms with Gasteiger partial charge < -0.3 is 10.6 Å². The van der Waals surface area contributed by atoms with E-state index in [1.54, 1.807) is 25.5 Å². The van der Waals surface area contributed by atoms with E-state index in [0.29, 0.717) is 29.5 Å². The highest BCUT2D eigenvalue weighted by Gasteiger charge is 2.28. The molecular formula is C23H30N8O2. The summed E-state index contributed by atoms with van der Waals surface area (Å²) in [6.07, 6.45) is 1.89. The monoisotopic (exact) mass is 450 g/mol. The van der Waals surface area contributed by atoms with Crippen molar-refractivity contribution in [1.29, 1.82) is 0 Å². The van der Waals surface area contributed by atoms with Crippen LogP contribution in [0.4, 0.5) is 5.95 Å². The van der Waals surface area contributed by atoms with E-state index in [9.17, 15) is 9.59 Å². The lowest BCUT2D eigenvalue weighted by molar-refractivity contribution is 0.496. The van der Waals surface area contributed by atoms with E-state index in [1.165, 1.54) is 9.13 Å². The number of rotatable bonds is 4. The number of hydrogen-bond acceptors (Lipinski definition) is 7. The zero-order valence-electron chi connectivity index (χ0n) is 19.8. The van der Waals surface area contributed by atoms with Crippen molar-refractivity contribution in [3.8, 4) is 11.8 Å². The third kappa shape index (κ3) is 4.04. The van der Waals surface area contributed by atoms with E-state index >= 15 is 0 Å². The van der Waals surface area contributed by atoms with Crippen LogP contribution in [0.5, 0.6) is 0 Å². The first-order valence-corrected chi connectivity index (χ1v) is 11.2. The molecule has 1 aliphatic rings. The van der Waals surface area contributed by atoms with Gasteiger partial charge in [-0.3, -0.25) is 13.9 Å². The summed E-state index contributed by atoms with van der Waals surface area (Å²) in [5, 5.41) is 0. The zero-order chi connectivity index (χ0) is 23.9. The molecular weight excluding hydrogens is 420 g/mol. The summed E-state index contributed by atoms with van der Waals surface area (Å²) in [6, 6.07) is 1.24. The number of imidazole rings is 1. The minimum atomic E-state index is -0.647. The highest BCUT2D eigenvalue weighted by Crippen LogP contribution is 2.23. The second kappa shape index (κ2) is 8.83. The predicted molar refractivity (Wildman–Crippen MR) is 127 cm³/mol. The van der Waals surface area contributed by atoms with Crippen molar-refractivity contribution < 1.29 is 0 Å². The van der Waals surface area contributed by atoms with Gasteiger partial charge >= 0.3 is 5.69 Å². The fourth-order valence-electron chi connectivity index (χ4n) is 4.46. The Morgan fingerprint density at radius 1 is 1.21 bits per heavy atom. The first-order valence-electron chi connectivity index (χ1n) is 11.2. The van der Waals surface area contributed by atoms with E-state index in [2.05, 4.69) is 26.7 Å². The maximum atomic E-state index is 13.8. The SMILES string of the molecule is CC#CCn1c(N2CCC[C@@H](N)C2)nc2c1c(=O)n(C(C)c1nc(C)cc(C)n1)c(=O)n2C. The van der Waals surface area contributed by atoms with Gasteiger partial charge in [-0.1, -0.05) is 5.92 Å². The lowest BCUT2D eigenvalue weighted by Crippen LogP contribution is -2.44. The molecule has 2 atom stereocenters. The predicted octanol–water partition coefficient (Wildman–Crippen LogP) is 0.864. The average molecular weight is 451 g/mol. The van der Waals surface area contributed by atoms with E-state index in [0.717, 1.165) is 30.8 Å². The molecule has 4 rings (SSSR count). The number of nitrogens with zero attached hydrogens (tertiary/aromatic N) is 7. The zero-order valence-corrected chi connectivity index (χ0v) is 19.8. The number of fused-ring (bicyclic) bond motifs is 1. The topological polar surface area (TPSA) is 117 Å². The molecule has 10 nitrogen and oxygen atoms in total. The third-order valence-corrected chi connectivity index (χ3v) is 6.08. The van der Waals surface area contributed by atoms with E-state index in [4.69, 9.17) is 10.7 Å². The maximum Gasteiger partial charge on any atom is 0.333 e. The minimum absolute atomic E-state index is 0.0338. The number of anilines is 1. The molecule has 0 bridgehead atoms. The van der Waals surface area contributed by atoms with Gasteiger partial charge in [-0.15, -0.1) is 5.92 Å². The molecule has 174 valence electrons. The van der Waals surface area contributed by atoms with Crippen LogP contribution in [-0.4, -0.2) is 47.8 Å². The molecule has 2 N–H and O–H groups in total. The van der Waals surface area contributed by atoms with E-state index in [1.807, 2.05) is 19.9 Å². The Labute approximate surface area is 192 Å². The Kier molecular flexibility index (Phi) is 6.08. The number of piperidine rings is 1. The van der Waals surface area contributed by atoms with Crippen LogP contribution in [0.3, 0.4) is 0 Å². The first-order chi connectivity index (χ1) is 15.7. The van der Waals surface area contributed by atoms with Crippen LogP contribution in [0.1, 0.15) is 49.9 Å². The van der Waals surface area contributed by atoms with Crippen LogP contribution in [0.15, 0.2) is 15.7 Å². The molecule has 3 aromatic rings. The van der Waals surface area contributed by atoms with Gasteiger partial charge in [0.15, 0.2) is 17.0 Å². The second-order valence-electron chi connectivity index (χ2n) is 8.65. The van der Waals surface area contributed by atoms with Gasteiger partial charge in [-0.05, 0) is 46.6 Å². The molecule has 33 heavy (non-hydrogen) atoms. The normalized spacial score (nSPS) is 17.2. The van der Waals surface area contributed by atoms with Gasteiger partial charge in [-0.2, -0.15) is 4.98 Å². The van der Waals surface area contributed by atoms with Crippen LogP contribution in [0.25, 0.3) is 11.2 Å². The summed E-state index contributed by atoms with van der Waals surface area (Å²) in [7, 11) is 1.63. The van der Waals surface area contributed by atoms with Gasteiger partial charge in [0.2, 0.25) is 5.95 Å². The average Bonchev–Trinajstić information content (AvgIpc) is 3.15. The molecule has 10 heteroatoms. The maximum absolute atomic E-state index is 13.8. The van der Waals surface area contributed by atoms with Crippen LogP contribution >= 0.6 is 0 Å². The van der Waals surface area contributed by atoms with Crippen molar-refractivity contribution in [3.05, 3.63) is 44.1 Å². The fraction of sp³-hybridized carbons (Fsp3) is 0.522. The fourth-order valence-corrected chi connectivity index (χ4v) is 4.46. The number of nitrogens with two attached hydrogens (primary N) is 1. The summed E-state index contributed by atoms with van der Waals surface area (Å²) in [5.74, 6) is 6.97. The largest absolute Gasteiger partial charge is 0.341 e. The van der Waals surface area contributed by atoms with Crippen molar-refractivity contribution in [3.63, 3.8) is 0 Å². The Morgan fingerprint density at radius 3 is 2.55 bits per heavy atom. The lowest BCUT2D eigenvalue weighted by atomic mass is 10.1. The molecule has 0 spiro atoms. The highest BCUT2D eigenvalue weighted by molar-refractivity contribution is 5.75. The van der Waals surface area contributed by atoms with Crippen LogP contribution in [0.2, 0.25) is 0 Å². The van der Waals surface area contributed by atoms with Gasteiger partial charge in [0.25, 0.3) is 5.56 Å². The van der Waals surface area contributed by atoms with Gasteiger partial charge in [0, 0.05) is 37.6 Å². The Hall–Kier alpha value is -3.45. The Morgan fingerprint density at radius 2 is 1.91 bits per heavy atom. The summed E-state index contributed by atoms with van der Waals surface area (Å²) in [5.41, 5.74) is 7.54. The molecule has 1 fully saturated rings. The van der Waals surface area contributed by atoms with Crippen LogP contribution < -0.4 is 21.9 Å². The smallest absolute Gasteiger partial charge is 0.333 e. The summed E-state index contributed by atoms with van der Waals surface area (Å²) < 4.78 is 4.43. The van der Waals surface area contributed by atoms with Crippen molar-refractivity contribution in [2.45, 2.75) is 59.2 Å². The molecule has 4 heterocycles. The molecule has 0 amide bonds. The number of aryl methyl sites for hydroxylation is 3. The van der Waals surface area contributed by atoms with Crippen LogP contribution in [-0.2, 0) is 13.6 Å². The van der Waals surface area contributed by atoms with Gasteiger partial charge in [0.05, 0.1) is 12.6 Å². The van der Waals surface area contributed by atoms with E-state index < -0.39 is 17.3 Å². The first kappa shape index (κ1) is 22.7. The third-order valence-electron chi connectivity index (χ3n) is 6.08. The van der Waals surface area contributed by atoms with Crippen LogP contribution in [0, 0.1) is 25.7 Å². The summed E-state index contributed by atoms with van der Waals surface area (Å²) >= 11 is 0. The Balaban J connectivity index is 1.98. The molecule has 0 radical (unpaired) electrons. The van der Waals surface area contributed by atoms with Gasteiger partial charge in [0.1, 0.15) is 0 Å². The van der Waals surface area contributed by atoms with Crippen molar-refractivity contribution in [1.82, 2.24) is 28.7 Å².